The van der Waals surface area contributed by atoms with Crippen LogP contribution in [0.15, 0.2) is 29.3 Å². The van der Waals surface area contributed by atoms with Crippen molar-refractivity contribution in [3.8, 4) is 0 Å². The minimum Gasteiger partial charge on any atom is -0.385 e. The first-order valence-corrected chi connectivity index (χ1v) is 5.97. The topological polar surface area (TPSA) is 58.7 Å². The number of aliphatic imine (C=N–C) groups is 1. The smallest absolute Gasteiger partial charge is 0.346 e. The highest BCUT2D eigenvalue weighted by Gasteiger charge is 2.44. The molecule has 1 aliphatic carbocycles. The summed E-state index contributed by atoms with van der Waals surface area (Å²) >= 11 is 6.16. The Labute approximate surface area is 104 Å². The van der Waals surface area contributed by atoms with Crippen LogP contribution in [0.5, 0.6) is 0 Å². The largest absolute Gasteiger partial charge is 0.385 e. The van der Waals surface area contributed by atoms with E-state index in [1.165, 1.54) is 0 Å². The van der Waals surface area contributed by atoms with Crippen LogP contribution in [0.25, 0.3) is 0 Å². The molecule has 5 heteroatoms. The second-order valence-corrected chi connectivity index (χ2v) is 4.79. The number of urea groups is 1. The molecule has 0 saturated heterocycles. The van der Waals surface area contributed by atoms with Gasteiger partial charge < -0.3 is 10.6 Å². The van der Waals surface area contributed by atoms with Gasteiger partial charge in [-0.1, -0.05) is 29.8 Å². The highest BCUT2D eigenvalue weighted by Crippen LogP contribution is 2.39. The minimum atomic E-state index is -0.288. The molecule has 17 heavy (non-hydrogen) atoms. The fourth-order valence-corrected chi connectivity index (χ4v) is 2.45. The molecule has 1 aliphatic heterocycles. The van der Waals surface area contributed by atoms with Crippen molar-refractivity contribution in [2.24, 2.45) is 10.7 Å². The molecule has 1 saturated carbocycles. The van der Waals surface area contributed by atoms with Gasteiger partial charge in [0.25, 0.3) is 0 Å². The van der Waals surface area contributed by atoms with Crippen LogP contribution in [0.2, 0.25) is 5.02 Å². The number of amides is 2. The zero-order chi connectivity index (χ0) is 12.0. The lowest BCUT2D eigenvalue weighted by Gasteiger charge is -2.24. The number of carbonyl (C=O) groups excluding carboxylic acids is 1. The number of nitrogens with two attached hydrogens (primary N) is 1. The molecule has 1 unspecified atom stereocenters. The number of benzene rings is 1. The average molecular weight is 250 g/mol. The van der Waals surface area contributed by atoms with Crippen LogP contribution in [0.4, 0.5) is 4.79 Å². The van der Waals surface area contributed by atoms with Gasteiger partial charge in [0.1, 0.15) is 11.9 Å². The Morgan fingerprint density at radius 2 is 2.06 bits per heavy atom. The van der Waals surface area contributed by atoms with Gasteiger partial charge in [0.15, 0.2) is 0 Å². The third-order valence-electron chi connectivity index (χ3n) is 3.14. The Bertz CT molecular complexity index is 510. The van der Waals surface area contributed by atoms with E-state index in [4.69, 9.17) is 17.3 Å². The SMILES string of the molecule is NC1=NC(=O)N(C2CC2)C1c1ccccc1Cl. The number of carbonyl (C=O) groups is 1. The summed E-state index contributed by atoms with van der Waals surface area (Å²) in [5, 5.41) is 0.621. The van der Waals surface area contributed by atoms with Crippen LogP contribution >= 0.6 is 11.6 Å². The van der Waals surface area contributed by atoms with E-state index in [0.29, 0.717) is 10.9 Å². The summed E-state index contributed by atoms with van der Waals surface area (Å²) in [5.74, 6) is 0.343. The zero-order valence-corrected chi connectivity index (χ0v) is 9.89. The maximum Gasteiger partial charge on any atom is 0.346 e. The van der Waals surface area contributed by atoms with Crippen LogP contribution in [0.3, 0.4) is 0 Å². The summed E-state index contributed by atoms with van der Waals surface area (Å²) in [6, 6.07) is 7.19. The van der Waals surface area contributed by atoms with Crippen molar-refractivity contribution in [1.29, 1.82) is 0 Å². The molecule has 3 rings (SSSR count). The molecule has 2 aliphatic rings. The highest BCUT2D eigenvalue weighted by atomic mass is 35.5. The first-order valence-electron chi connectivity index (χ1n) is 5.59. The summed E-state index contributed by atoms with van der Waals surface area (Å²) in [6.07, 6.45) is 2.05. The van der Waals surface area contributed by atoms with E-state index in [2.05, 4.69) is 4.99 Å². The first kappa shape index (κ1) is 10.6. The molecule has 1 aromatic rings. The number of hydrogen-bond acceptors (Lipinski definition) is 2. The minimum absolute atomic E-state index is 0.241. The molecular formula is C12H12ClN3O. The van der Waals surface area contributed by atoms with Crippen LogP contribution in [0, 0.1) is 0 Å². The number of halogens is 1. The summed E-state index contributed by atoms with van der Waals surface area (Å²) in [7, 11) is 0. The van der Waals surface area contributed by atoms with Gasteiger partial charge in [-0.15, -0.1) is 0 Å². The van der Waals surface area contributed by atoms with Crippen molar-refractivity contribution < 1.29 is 4.79 Å². The molecule has 0 aromatic heterocycles. The summed E-state index contributed by atoms with van der Waals surface area (Å²) in [6.45, 7) is 0. The zero-order valence-electron chi connectivity index (χ0n) is 9.14. The Morgan fingerprint density at radius 1 is 1.35 bits per heavy atom. The van der Waals surface area contributed by atoms with Gasteiger partial charge in [0.05, 0.1) is 0 Å². The molecule has 2 N–H and O–H groups in total. The van der Waals surface area contributed by atoms with E-state index in [-0.39, 0.29) is 18.1 Å². The number of amidine groups is 1. The van der Waals surface area contributed by atoms with Gasteiger partial charge in [-0.2, -0.15) is 4.99 Å². The van der Waals surface area contributed by atoms with Crippen molar-refractivity contribution in [2.45, 2.75) is 24.9 Å². The van der Waals surface area contributed by atoms with Gasteiger partial charge >= 0.3 is 6.03 Å². The molecule has 0 spiro atoms. The van der Waals surface area contributed by atoms with Crippen molar-refractivity contribution >= 4 is 23.5 Å². The Balaban J connectivity index is 2.03. The predicted molar refractivity (Wildman–Crippen MR) is 66.1 cm³/mol. The van der Waals surface area contributed by atoms with Crippen LogP contribution in [-0.4, -0.2) is 22.8 Å². The Kier molecular flexibility index (Phi) is 2.33. The van der Waals surface area contributed by atoms with Crippen LogP contribution < -0.4 is 5.73 Å². The molecule has 1 heterocycles. The van der Waals surface area contributed by atoms with E-state index in [0.717, 1.165) is 18.4 Å². The van der Waals surface area contributed by atoms with E-state index in [1.54, 1.807) is 11.0 Å². The van der Waals surface area contributed by atoms with Crippen LogP contribution in [-0.2, 0) is 0 Å². The lowest BCUT2D eigenvalue weighted by Crippen LogP contribution is -2.35. The fraction of sp³-hybridized carbons (Fsp3) is 0.333. The second kappa shape index (κ2) is 3.74. The average Bonchev–Trinajstić information content (AvgIpc) is 3.06. The van der Waals surface area contributed by atoms with E-state index in [9.17, 15) is 4.79 Å². The molecule has 2 amide bonds. The molecule has 0 bridgehead atoms. The molecule has 0 radical (unpaired) electrons. The van der Waals surface area contributed by atoms with Gasteiger partial charge in [-0.3, -0.25) is 0 Å². The third kappa shape index (κ3) is 1.69. The highest BCUT2D eigenvalue weighted by molar-refractivity contribution is 6.31. The molecular weight excluding hydrogens is 238 g/mol. The lowest BCUT2D eigenvalue weighted by atomic mass is 10.1. The normalized spacial score (nSPS) is 24.1. The van der Waals surface area contributed by atoms with Gasteiger partial charge in [0.2, 0.25) is 0 Å². The predicted octanol–water partition coefficient (Wildman–Crippen LogP) is 2.34. The van der Waals surface area contributed by atoms with Gasteiger partial charge in [-0.25, -0.2) is 4.79 Å². The van der Waals surface area contributed by atoms with Crippen LogP contribution in [0.1, 0.15) is 24.4 Å². The molecule has 1 aromatic carbocycles. The standard InChI is InChI=1S/C12H12ClN3O/c13-9-4-2-1-3-8(9)10-11(14)15-12(17)16(10)7-5-6-7/h1-4,7,10H,5-6H2,(H2,14,15,17). The molecule has 4 nitrogen and oxygen atoms in total. The summed E-state index contributed by atoms with van der Waals surface area (Å²) in [4.78, 5) is 17.4. The Hall–Kier alpha value is -1.55. The van der Waals surface area contributed by atoms with Crippen molar-refractivity contribution in [1.82, 2.24) is 4.90 Å². The molecule has 1 atom stereocenters. The quantitative estimate of drug-likeness (QED) is 0.875. The summed E-state index contributed by atoms with van der Waals surface area (Å²) in [5.41, 5.74) is 6.71. The van der Waals surface area contributed by atoms with Gasteiger partial charge in [0, 0.05) is 16.6 Å². The summed E-state index contributed by atoms with van der Waals surface area (Å²) < 4.78 is 0. The second-order valence-electron chi connectivity index (χ2n) is 4.38. The van der Waals surface area contributed by atoms with E-state index < -0.39 is 0 Å². The lowest BCUT2D eigenvalue weighted by molar-refractivity contribution is 0.203. The van der Waals surface area contributed by atoms with Crippen molar-refractivity contribution in [2.75, 3.05) is 0 Å². The van der Waals surface area contributed by atoms with E-state index in [1.807, 2.05) is 18.2 Å². The first-order chi connectivity index (χ1) is 8.18. The Morgan fingerprint density at radius 3 is 2.71 bits per heavy atom. The molecule has 1 fully saturated rings. The maximum absolute atomic E-state index is 11.8. The van der Waals surface area contributed by atoms with Crippen molar-refractivity contribution in [3.05, 3.63) is 34.9 Å². The molecule has 88 valence electrons. The van der Waals surface area contributed by atoms with Gasteiger partial charge in [-0.05, 0) is 18.9 Å². The van der Waals surface area contributed by atoms with Crippen molar-refractivity contribution in [3.63, 3.8) is 0 Å². The third-order valence-corrected chi connectivity index (χ3v) is 3.49. The number of nitrogens with zero attached hydrogens (tertiary/aromatic N) is 2. The monoisotopic (exact) mass is 249 g/mol. The number of rotatable bonds is 2. The maximum atomic E-state index is 11.8. The fourth-order valence-electron chi connectivity index (χ4n) is 2.21. The van der Waals surface area contributed by atoms with E-state index >= 15 is 0 Å². The number of hydrogen-bond donors (Lipinski definition) is 1.